The van der Waals surface area contributed by atoms with Crippen molar-refractivity contribution in [3.63, 3.8) is 0 Å². The molecule has 0 aromatic heterocycles. The first-order valence-corrected chi connectivity index (χ1v) is 19.0. The number of ether oxygens (including phenoxy) is 4. The van der Waals surface area contributed by atoms with Crippen LogP contribution in [0.1, 0.15) is 169 Å². The molecule has 3 aliphatic rings. The van der Waals surface area contributed by atoms with Crippen molar-refractivity contribution < 1.29 is 39.1 Å². The van der Waals surface area contributed by atoms with Gasteiger partial charge < -0.3 is 34.3 Å². The largest absolute Gasteiger partial charge is 0.455 e. The van der Waals surface area contributed by atoms with Gasteiger partial charge in [0, 0.05) is 12.0 Å². The first-order valence-electron chi connectivity index (χ1n) is 19.0. The predicted octanol–water partition coefficient (Wildman–Crippen LogP) is 7.83. The van der Waals surface area contributed by atoms with Gasteiger partial charge in [0.25, 0.3) is 0 Å². The maximum atomic E-state index is 11.7. The van der Waals surface area contributed by atoms with E-state index in [1.165, 1.54) is 57.8 Å². The van der Waals surface area contributed by atoms with Gasteiger partial charge >= 0.3 is 5.97 Å². The first kappa shape index (κ1) is 39.4. The number of hydrogen-bond acceptors (Lipinski definition) is 8. The molecule has 0 aromatic rings. The van der Waals surface area contributed by atoms with Gasteiger partial charge in [-0.1, -0.05) is 90.4 Å². The molecule has 0 bridgehead atoms. The number of esters is 1. The van der Waals surface area contributed by atoms with Gasteiger partial charge in [-0.15, -0.1) is 0 Å². The lowest BCUT2D eigenvalue weighted by Gasteiger charge is -2.23. The first-order chi connectivity index (χ1) is 22.1. The third-order valence-corrected chi connectivity index (χ3v) is 10.00. The van der Waals surface area contributed by atoms with Crippen LogP contribution in [0.25, 0.3) is 0 Å². The van der Waals surface area contributed by atoms with E-state index >= 15 is 0 Å². The highest BCUT2D eigenvalue weighted by Gasteiger charge is 2.41. The molecule has 8 nitrogen and oxygen atoms in total. The zero-order valence-corrected chi connectivity index (χ0v) is 29.6. The number of rotatable bonds is 25. The molecule has 3 aliphatic heterocycles. The summed E-state index contributed by atoms with van der Waals surface area (Å²) in [6.07, 6.45) is 22.2. The molecule has 3 N–H and O–H groups in total. The second kappa shape index (κ2) is 21.1. The summed E-state index contributed by atoms with van der Waals surface area (Å²) in [5, 5.41) is 31.8. The second-order valence-electron chi connectivity index (χ2n) is 14.9. The predicted molar refractivity (Wildman–Crippen MR) is 181 cm³/mol. The summed E-state index contributed by atoms with van der Waals surface area (Å²) in [7, 11) is 0. The number of carbonyl (C=O) groups excluding carboxylic acids is 1. The fraction of sp³-hybridized carbons (Fsp3) is 0.921. The maximum Gasteiger partial charge on any atom is 0.334 e. The Morgan fingerprint density at radius 2 is 1.37 bits per heavy atom. The third kappa shape index (κ3) is 15.0. The summed E-state index contributed by atoms with van der Waals surface area (Å²) in [5.41, 5.74) is 0.573. The van der Waals surface area contributed by atoms with Crippen LogP contribution in [0.15, 0.2) is 11.6 Å². The summed E-state index contributed by atoms with van der Waals surface area (Å²) >= 11 is 0. The van der Waals surface area contributed by atoms with Crippen LogP contribution in [-0.4, -0.2) is 75.9 Å². The molecule has 0 spiro atoms. The van der Waals surface area contributed by atoms with E-state index in [0.29, 0.717) is 37.7 Å². The van der Waals surface area contributed by atoms with E-state index in [1.54, 1.807) is 6.08 Å². The second-order valence-corrected chi connectivity index (χ2v) is 14.9. The van der Waals surface area contributed by atoms with Crippen molar-refractivity contribution in [1.29, 1.82) is 0 Å². The molecule has 3 rings (SSSR count). The number of cyclic esters (lactones) is 1. The van der Waals surface area contributed by atoms with Gasteiger partial charge in [-0.05, 0) is 78.2 Å². The number of carbonyl (C=O) groups is 1. The van der Waals surface area contributed by atoms with Crippen LogP contribution < -0.4 is 0 Å². The SMILES string of the molecule is CCCCCCCCCCCC[C@@H]1OC(C)(C)O[C@H]1CC[C@H](O)[C@@H]1CC[C@@H](C[C@H](O)CCCCC[C@@H](O)CC2=C[C@H](C)OC2=O)O1. The van der Waals surface area contributed by atoms with Gasteiger partial charge in [0.15, 0.2) is 5.79 Å². The van der Waals surface area contributed by atoms with Gasteiger partial charge in [-0.3, -0.25) is 0 Å². The van der Waals surface area contributed by atoms with Crippen LogP contribution in [0, 0.1) is 0 Å². The molecule has 0 unspecified atom stereocenters. The molecule has 8 atom stereocenters. The lowest BCUT2D eigenvalue weighted by Crippen LogP contribution is -2.30. The lowest BCUT2D eigenvalue weighted by molar-refractivity contribution is -0.148. The van der Waals surface area contributed by atoms with Crippen molar-refractivity contribution in [3.05, 3.63) is 11.6 Å². The summed E-state index contributed by atoms with van der Waals surface area (Å²) in [4.78, 5) is 11.7. The van der Waals surface area contributed by atoms with Gasteiger partial charge in [0.05, 0.1) is 42.7 Å². The van der Waals surface area contributed by atoms with Gasteiger partial charge in [0.2, 0.25) is 0 Å². The zero-order chi connectivity index (χ0) is 33.4. The Bertz CT molecular complexity index is 875. The third-order valence-electron chi connectivity index (χ3n) is 10.00. The summed E-state index contributed by atoms with van der Waals surface area (Å²) in [5.74, 6) is -0.894. The lowest BCUT2D eigenvalue weighted by atomic mass is 9.97. The van der Waals surface area contributed by atoms with Crippen molar-refractivity contribution in [1.82, 2.24) is 0 Å². The Hall–Kier alpha value is -1.03. The van der Waals surface area contributed by atoms with E-state index in [1.807, 2.05) is 20.8 Å². The highest BCUT2D eigenvalue weighted by atomic mass is 16.7. The Morgan fingerprint density at radius 3 is 2.00 bits per heavy atom. The van der Waals surface area contributed by atoms with Crippen LogP contribution in [0.3, 0.4) is 0 Å². The number of hydrogen-bond donors (Lipinski definition) is 3. The van der Waals surface area contributed by atoms with Gasteiger partial charge in [-0.25, -0.2) is 4.79 Å². The van der Waals surface area contributed by atoms with E-state index in [-0.39, 0.29) is 36.5 Å². The topological polar surface area (TPSA) is 115 Å². The van der Waals surface area contributed by atoms with E-state index in [9.17, 15) is 20.1 Å². The van der Waals surface area contributed by atoms with Crippen molar-refractivity contribution in [2.24, 2.45) is 0 Å². The van der Waals surface area contributed by atoms with Crippen LogP contribution in [-0.2, 0) is 23.7 Å². The number of aliphatic hydroxyl groups excluding tert-OH is 3. The minimum Gasteiger partial charge on any atom is -0.455 e. The minimum absolute atomic E-state index is 0.00311. The van der Waals surface area contributed by atoms with Crippen molar-refractivity contribution in [2.75, 3.05) is 0 Å². The van der Waals surface area contributed by atoms with Crippen molar-refractivity contribution >= 4 is 5.97 Å². The molecule has 0 aromatic carbocycles. The molecule has 0 aliphatic carbocycles. The molecule has 0 radical (unpaired) electrons. The summed E-state index contributed by atoms with van der Waals surface area (Å²) in [6, 6.07) is 0. The highest BCUT2D eigenvalue weighted by molar-refractivity contribution is 5.90. The fourth-order valence-electron chi connectivity index (χ4n) is 7.44. The Balaban J connectivity index is 1.23. The van der Waals surface area contributed by atoms with E-state index in [4.69, 9.17) is 18.9 Å². The summed E-state index contributed by atoms with van der Waals surface area (Å²) < 4.78 is 23.8. The van der Waals surface area contributed by atoms with Crippen LogP contribution in [0.2, 0.25) is 0 Å². The Morgan fingerprint density at radius 1 is 0.783 bits per heavy atom. The molecular formula is C38H68O8. The van der Waals surface area contributed by atoms with E-state index < -0.39 is 24.1 Å². The minimum atomic E-state index is -0.578. The van der Waals surface area contributed by atoms with E-state index in [0.717, 1.165) is 51.4 Å². The maximum absolute atomic E-state index is 11.7. The molecular weight excluding hydrogens is 584 g/mol. The molecule has 0 saturated carbocycles. The van der Waals surface area contributed by atoms with Gasteiger partial charge in [0.1, 0.15) is 6.10 Å². The molecule has 3 heterocycles. The molecule has 0 amide bonds. The van der Waals surface area contributed by atoms with E-state index in [2.05, 4.69) is 6.92 Å². The fourth-order valence-corrected chi connectivity index (χ4v) is 7.44. The quantitative estimate of drug-likeness (QED) is 0.0675. The van der Waals surface area contributed by atoms with Crippen LogP contribution >= 0.6 is 0 Å². The van der Waals surface area contributed by atoms with Crippen LogP contribution in [0.4, 0.5) is 0 Å². The number of unbranched alkanes of at least 4 members (excludes halogenated alkanes) is 11. The van der Waals surface area contributed by atoms with Crippen molar-refractivity contribution in [3.8, 4) is 0 Å². The molecule has 268 valence electrons. The Labute approximate surface area is 280 Å². The molecule has 2 fully saturated rings. The number of aliphatic hydroxyl groups is 3. The van der Waals surface area contributed by atoms with Crippen LogP contribution in [0.5, 0.6) is 0 Å². The zero-order valence-electron chi connectivity index (χ0n) is 29.6. The summed E-state index contributed by atoms with van der Waals surface area (Å²) in [6.45, 7) is 8.06. The molecule has 2 saturated heterocycles. The van der Waals surface area contributed by atoms with Crippen molar-refractivity contribution in [2.45, 2.75) is 224 Å². The Kier molecular flexibility index (Phi) is 18.1. The highest BCUT2D eigenvalue weighted by Crippen LogP contribution is 2.35. The normalized spacial score (nSPS) is 27.9. The molecule has 46 heavy (non-hydrogen) atoms. The average molecular weight is 653 g/mol. The monoisotopic (exact) mass is 652 g/mol. The standard InChI is InChI=1S/C38H68O8/c1-5-6-7-8-9-10-11-12-13-17-20-35-36(46-38(3,4)45-35)24-22-33(41)34-23-21-32(44-34)27-31(40)19-16-14-15-18-30(39)26-29-25-28(2)43-37(29)42/h25,28,30-36,39-41H,5-24,26-27H2,1-4H3/t28-,30+,31+,32-,33-,34-,35-,36-/m0/s1. The van der Waals surface area contributed by atoms with Gasteiger partial charge in [-0.2, -0.15) is 0 Å². The molecule has 8 heteroatoms. The average Bonchev–Trinajstić information content (AvgIpc) is 3.68. The smallest absolute Gasteiger partial charge is 0.334 e.